The normalized spacial score (nSPS) is 12.5. The second-order valence-corrected chi connectivity index (χ2v) is 24.6. The lowest BCUT2D eigenvalue weighted by molar-refractivity contribution is 1.16. The van der Waals surface area contributed by atoms with Gasteiger partial charge in [-0.3, -0.25) is 0 Å². The van der Waals surface area contributed by atoms with Gasteiger partial charge in [-0.2, -0.15) is 0 Å². The van der Waals surface area contributed by atoms with Gasteiger partial charge in [-0.05, 0) is 130 Å². The third-order valence-electron chi connectivity index (χ3n) is 19.7. The van der Waals surface area contributed by atoms with Crippen molar-refractivity contribution in [3.8, 4) is 72.4 Å². The molecule has 0 atom stereocenters. The van der Waals surface area contributed by atoms with Crippen LogP contribution in [0.1, 0.15) is 0 Å². The summed E-state index contributed by atoms with van der Waals surface area (Å²) in [6, 6.07) is 127. The summed E-state index contributed by atoms with van der Waals surface area (Å²) in [6.45, 7) is -0.249. The number of fused-ring (bicyclic) bond motifs is 7. The third kappa shape index (κ3) is 7.97. The van der Waals surface area contributed by atoms with Gasteiger partial charge in [0.2, 0.25) is 0 Å². The molecule has 0 bridgehead atoms. The molecule has 3 heterocycles. The van der Waals surface area contributed by atoms with Crippen molar-refractivity contribution in [2.45, 2.75) is 0 Å². The smallest absolute Gasteiger partial charge is 0.252 e. The van der Waals surface area contributed by atoms with Crippen LogP contribution >= 0.6 is 0 Å². The number of anilines is 6. The van der Waals surface area contributed by atoms with E-state index in [0.29, 0.717) is 0 Å². The highest BCUT2D eigenvalue weighted by molar-refractivity contribution is 7.00. The SMILES string of the molecule is c1ccc(-c2ccc3c(c2)B2c4cc(-c5ccc6ccc7cccc8ccc5c6c78)ccc4N(c4c(-c5ccccc5)cccc4-c4ccccc4)c4cc(-n5c6ccccc6c6ccccc65)cc(c42)N3c2c(-c3ccccc3)cccc2-c2ccccc2)cc1. The minimum Gasteiger partial charge on any atom is -0.310 e. The fourth-order valence-electron chi connectivity index (χ4n) is 15.7. The van der Waals surface area contributed by atoms with Crippen LogP contribution in [0.15, 0.2) is 340 Å². The molecule has 1 aromatic heterocycles. The lowest BCUT2D eigenvalue weighted by Crippen LogP contribution is -2.61. The Morgan fingerprint density at radius 3 is 1.11 bits per heavy atom. The largest absolute Gasteiger partial charge is 0.310 e. The molecular weight excluding hydrogens is 1110 g/mol. The van der Waals surface area contributed by atoms with E-state index < -0.39 is 0 Å². The van der Waals surface area contributed by atoms with Crippen molar-refractivity contribution < 1.29 is 0 Å². The quantitative estimate of drug-likeness (QED) is 0.105. The maximum atomic E-state index is 2.67. The number of hydrogen-bond acceptors (Lipinski definition) is 2. The molecule has 17 aromatic rings. The van der Waals surface area contributed by atoms with E-state index in [2.05, 4.69) is 354 Å². The van der Waals surface area contributed by atoms with E-state index in [1.54, 1.807) is 0 Å². The van der Waals surface area contributed by atoms with E-state index in [0.717, 1.165) is 95.4 Å². The zero-order chi connectivity index (χ0) is 60.4. The Labute approximate surface area is 534 Å². The highest BCUT2D eigenvalue weighted by Gasteiger charge is 2.46. The molecule has 0 saturated heterocycles. The Kier molecular flexibility index (Phi) is 11.8. The first-order valence-corrected chi connectivity index (χ1v) is 31.9. The van der Waals surface area contributed by atoms with Gasteiger partial charge in [0.25, 0.3) is 6.71 Å². The molecule has 16 aromatic carbocycles. The highest BCUT2D eigenvalue weighted by atomic mass is 15.2. The van der Waals surface area contributed by atoms with Crippen molar-refractivity contribution in [3.05, 3.63) is 340 Å². The van der Waals surface area contributed by atoms with Crippen molar-refractivity contribution >= 4 is 111 Å². The van der Waals surface area contributed by atoms with Gasteiger partial charge >= 0.3 is 0 Å². The molecule has 0 amide bonds. The summed E-state index contributed by atoms with van der Waals surface area (Å²) in [6.07, 6.45) is 0. The summed E-state index contributed by atoms with van der Waals surface area (Å²) in [7, 11) is 0. The Balaban J connectivity index is 1.00. The molecule has 19 rings (SSSR count). The predicted octanol–water partition coefficient (Wildman–Crippen LogP) is 21.8. The van der Waals surface area contributed by atoms with Crippen LogP contribution < -0.4 is 26.2 Å². The van der Waals surface area contributed by atoms with Crippen molar-refractivity contribution in [1.29, 1.82) is 0 Å². The van der Waals surface area contributed by atoms with E-state index in [-0.39, 0.29) is 6.71 Å². The van der Waals surface area contributed by atoms with Crippen LogP contribution in [0.2, 0.25) is 0 Å². The van der Waals surface area contributed by atoms with Gasteiger partial charge in [0, 0.05) is 55.8 Å². The first kappa shape index (κ1) is 52.0. The van der Waals surface area contributed by atoms with Gasteiger partial charge in [0.05, 0.1) is 28.1 Å². The molecule has 0 spiro atoms. The third-order valence-corrected chi connectivity index (χ3v) is 19.7. The van der Waals surface area contributed by atoms with Gasteiger partial charge in [0.1, 0.15) is 0 Å². The molecule has 0 saturated carbocycles. The minimum atomic E-state index is -0.249. The Hall–Kier alpha value is -12.0. The fraction of sp³-hybridized carbons (Fsp3) is 0. The van der Waals surface area contributed by atoms with E-state index in [9.17, 15) is 0 Å². The number of para-hydroxylation sites is 4. The van der Waals surface area contributed by atoms with Gasteiger partial charge in [-0.1, -0.05) is 303 Å². The Morgan fingerprint density at radius 1 is 0.228 bits per heavy atom. The molecule has 4 heteroatoms. The lowest BCUT2D eigenvalue weighted by atomic mass is 9.33. The monoisotopic (exact) mass is 1170 g/mol. The average Bonchev–Trinajstić information content (AvgIpc) is 0.755. The molecule has 0 N–H and O–H groups in total. The minimum absolute atomic E-state index is 0.249. The number of aromatic nitrogens is 1. The summed E-state index contributed by atoms with van der Waals surface area (Å²) in [4.78, 5) is 5.34. The average molecular weight is 1170 g/mol. The lowest BCUT2D eigenvalue weighted by Gasteiger charge is -2.46. The Morgan fingerprint density at radius 2 is 0.620 bits per heavy atom. The summed E-state index contributed by atoms with van der Waals surface area (Å²) < 4.78 is 2.52. The van der Waals surface area contributed by atoms with Crippen molar-refractivity contribution in [2.24, 2.45) is 0 Å². The fourth-order valence-corrected chi connectivity index (χ4v) is 15.7. The van der Waals surface area contributed by atoms with Crippen LogP contribution in [-0.2, 0) is 0 Å². The second kappa shape index (κ2) is 20.8. The van der Waals surface area contributed by atoms with Gasteiger partial charge in [0.15, 0.2) is 0 Å². The number of benzene rings is 16. The zero-order valence-electron chi connectivity index (χ0n) is 50.3. The van der Waals surface area contributed by atoms with Gasteiger partial charge in [-0.25, -0.2) is 0 Å². The first-order valence-electron chi connectivity index (χ1n) is 31.9. The summed E-state index contributed by atoms with van der Waals surface area (Å²) in [5.74, 6) is 0. The van der Waals surface area contributed by atoms with Crippen LogP contribution in [-0.4, -0.2) is 11.3 Å². The topological polar surface area (TPSA) is 11.4 Å². The van der Waals surface area contributed by atoms with Crippen LogP contribution in [0.5, 0.6) is 0 Å². The van der Waals surface area contributed by atoms with E-state index in [1.165, 1.54) is 81.7 Å². The van der Waals surface area contributed by atoms with Crippen molar-refractivity contribution in [1.82, 2.24) is 4.57 Å². The van der Waals surface area contributed by atoms with Gasteiger partial charge in [-0.15, -0.1) is 0 Å². The number of rotatable bonds is 9. The summed E-state index contributed by atoms with van der Waals surface area (Å²) in [5, 5.41) is 10.1. The molecule has 0 fully saturated rings. The molecule has 0 aliphatic carbocycles. The van der Waals surface area contributed by atoms with Crippen molar-refractivity contribution in [2.75, 3.05) is 9.80 Å². The predicted molar refractivity (Wildman–Crippen MR) is 391 cm³/mol. The Bertz CT molecular complexity index is 5560. The van der Waals surface area contributed by atoms with E-state index >= 15 is 0 Å². The van der Waals surface area contributed by atoms with E-state index in [4.69, 9.17) is 0 Å². The molecule has 92 heavy (non-hydrogen) atoms. The second-order valence-electron chi connectivity index (χ2n) is 24.6. The molecular formula is C88H56BN3. The zero-order valence-corrected chi connectivity index (χ0v) is 50.3. The number of hydrogen-bond donors (Lipinski definition) is 0. The van der Waals surface area contributed by atoms with Crippen LogP contribution in [0, 0.1) is 0 Å². The van der Waals surface area contributed by atoms with Crippen LogP contribution in [0.25, 0.3) is 127 Å². The van der Waals surface area contributed by atoms with Crippen LogP contribution in [0.4, 0.5) is 34.1 Å². The first-order chi connectivity index (χ1) is 45.7. The number of nitrogens with zero attached hydrogens (tertiary/aromatic N) is 3. The van der Waals surface area contributed by atoms with Crippen molar-refractivity contribution in [3.63, 3.8) is 0 Å². The molecule has 3 nitrogen and oxygen atoms in total. The highest BCUT2D eigenvalue weighted by Crippen LogP contribution is 2.54. The molecule has 0 unspecified atom stereocenters. The molecule has 2 aliphatic heterocycles. The molecule has 426 valence electrons. The van der Waals surface area contributed by atoms with E-state index in [1.807, 2.05) is 0 Å². The summed E-state index contributed by atoms with van der Waals surface area (Å²) >= 11 is 0. The maximum absolute atomic E-state index is 2.67. The molecule has 2 aliphatic rings. The standard InChI is InChI=1S/C88H56BN3/c1-6-23-57(24-7-1)65-47-51-80-76(53-65)89-77-54-66(68-49-45-64-44-43-62-33-20-34-63-46-50-75(68)85(64)84(62)63)48-52-81(77)92(88-71(60-29-12-4-13-30-60)39-22-40-72(88)61-31-14-5-15-32-61)83-56-67(90-78-41-18-16-35-73(78)74-36-17-19-42-79(74)90)55-82(86(83)89)91(80)87-69(58-25-8-2-9-26-58)37-21-38-70(87)59-27-10-3-11-28-59/h1-56H. The van der Waals surface area contributed by atoms with Crippen LogP contribution in [0.3, 0.4) is 0 Å². The summed E-state index contributed by atoms with van der Waals surface area (Å²) in [5.41, 5.74) is 27.7. The molecule has 0 radical (unpaired) electrons. The maximum Gasteiger partial charge on any atom is 0.252 e. The van der Waals surface area contributed by atoms with Gasteiger partial charge < -0.3 is 14.4 Å².